The van der Waals surface area contributed by atoms with Crippen LogP contribution in [0.5, 0.6) is 5.75 Å². The quantitative estimate of drug-likeness (QED) is 0.544. The number of hydrogen-bond acceptors (Lipinski definition) is 4. The molecule has 1 aliphatic carbocycles. The molecule has 0 N–H and O–H groups in total. The largest absolute Gasteiger partial charge is 0.491 e. The van der Waals surface area contributed by atoms with Crippen molar-refractivity contribution in [3.63, 3.8) is 0 Å². The van der Waals surface area contributed by atoms with Crippen LogP contribution in [0.25, 0.3) is 0 Å². The van der Waals surface area contributed by atoms with Gasteiger partial charge in [-0.25, -0.2) is 0 Å². The third kappa shape index (κ3) is 5.34. The maximum absolute atomic E-state index is 13.5. The molecule has 0 spiro atoms. The van der Waals surface area contributed by atoms with Gasteiger partial charge in [-0.2, -0.15) is 0 Å². The number of carbonyl (C=O) groups is 2. The van der Waals surface area contributed by atoms with Gasteiger partial charge in [0.25, 0.3) is 0 Å². The second-order valence-electron chi connectivity index (χ2n) is 9.28. The summed E-state index contributed by atoms with van der Waals surface area (Å²) in [6.07, 6.45) is 3.78. The summed E-state index contributed by atoms with van der Waals surface area (Å²) in [5.41, 5.74) is 2.37. The first kappa shape index (κ1) is 22.8. The third-order valence-electron chi connectivity index (χ3n) is 6.64. The molecular formula is C26H34N2O3S. The second kappa shape index (κ2) is 10.1. The SMILES string of the molecule is CC[C@@H](C)CN(CC(=O)N1CCc2sccc2[C@@H]1COc1ccc(C)cc1)C(=O)C1CC1. The molecule has 0 bridgehead atoms. The van der Waals surface area contributed by atoms with Gasteiger partial charge in [-0.15, -0.1) is 11.3 Å². The molecule has 172 valence electrons. The molecule has 2 heterocycles. The molecule has 32 heavy (non-hydrogen) atoms. The minimum absolute atomic E-state index is 0.0247. The molecule has 0 unspecified atom stereocenters. The summed E-state index contributed by atoms with van der Waals surface area (Å²) in [6.45, 7) is 8.24. The number of nitrogens with zero attached hydrogens (tertiary/aromatic N) is 2. The summed E-state index contributed by atoms with van der Waals surface area (Å²) in [4.78, 5) is 31.5. The van der Waals surface area contributed by atoms with Gasteiger partial charge in [-0.3, -0.25) is 9.59 Å². The number of fused-ring (bicyclic) bond motifs is 1. The molecule has 1 aromatic carbocycles. The number of thiophene rings is 1. The lowest BCUT2D eigenvalue weighted by Gasteiger charge is -2.37. The highest BCUT2D eigenvalue weighted by Crippen LogP contribution is 2.35. The van der Waals surface area contributed by atoms with Crippen molar-refractivity contribution < 1.29 is 14.3 Å². The predicted molar refractivity (Wildman–Crippen MR) is 128 cm³/mol. The number of carbonyl (C=O) groups excluding carboxylic acids is 2. The fourth-order valence-corrected chi connectivity index (χ4v) is 5.19. The van der Waals surface area contributed by atoms with Crippen LogP contribution < -0.4 is 4.74 Å². The molecule has 2 amide bonds. The normalized spacial score (nSPS) is 18.7. The van der Waals surface area contributed by atoms with Crippen LogP contribution in [0.1, 0.15) is 55.2 Å². The van der Waals surface area contributed by atoms with Gasteiger partial charge in [-0.05, 0) is 61.2 Å². The summed E-state index contributed by atoms with van der Waals surface area (Å²) in [5.74, 6) is 1.50. The van der Waals surface area contributed by atoms with E-state index in [-0.39, 0.29) is 30.3 Å². The predicted octanol–water partition coefficient (Wildman–Crippen LogP) is 4.85. The number of aryl methyl sites for hydroxylation is 1. The van der Waals surface area contributed by atoms with Crippen LogP contribution in [-0.2, 0) is 16.0 Å². The van der Waals surface area contributed by atoms with Crippen molar-refractivity contribution in [1.82, 2.24) is 9.80 Å². The van der Waals surface area contributed by atoms with Gasteiger partial charge >= 0.3 is 0 Å². The molecule has 2 atom stereocenters. The lowest BCUT2D eigenvalue weighted by atomic mass is 10.00. The fraction of sp³-hybridized carbons (Fsp3) is 0.538. The van der Waals surface area contributed by atoms with Crippen LogP contribution >= 0.6 is 11.3 Å². The molecule has 6 heteroatoms. The lowest BCUT2D eigenvalue weighted by molar-refractivity contribution is -0.143. The zero-order chi connectivity index (χ0) is 22.7. The van der Waals surface area contributed by atoms with Crippen molar-refractivity contribution in [2.75, 3.05) is 26.2 Å². The minimum atomic E-state index is -0.125. The average molecular weight is 455 g/mol. The lowest BCUT2D eigenvalue weighted by Crippen LogP contribution is -2.48. The first-order chi connectivity index (χ1) is 15.5. The van der Waals surface area contributed by atoms with E-state index in [1.165, 1.54) is 16.0 Å². The van der Waals surface area contributed by atoms with Crippen molar-refractivity contribution in [2.45, 2.75) is 52.5 Å². The van der Waals surface area contributed by atoms with E-state index >= 15 is 0 Å². The van der Waals surface area contributed by atoms with Gasteiger partial charge in [0.2, 0.25) is 11.8 Å². The van der Waals surface area contributed by atoms with E-state index in [2.05, 4.69) is 32.2 Å². The van der Waals surface area contributed by atoms with E-state index in [0.717, 1.165) is 31.4 Å². The van der Waals surface area contributed by atoms with Gasteiger partial charge < -0.3 is 14.5 Å². The van der Waals surface area contributed by atoms with Crippen molar-refractivity contribution in [1.29, 1.82) is 0 Å². The Bertz CT molecular complexity index is 935. The number of hydrogen-bond donors (Lipinski definition) is 0. The molecule has 5 nitrogen and oxygen atoms in total. The topological polar surface area (TPSA) is 49.9 Å². The summed E-state index contributed by atoms with van der Waals surface area (Å²) in [6, 6.07) is 10.0. The molecule has 2 aromatic rings. The Morgan fingerprint density at radius 2 is 1.97 bits per heavy atom. The zero-order valence-corrected chi connectivity index (χ0v) is 20.2. The first-order valence-electron chi connectivity index (χ1n) is 11.8. The van der Waals surface area contributed by atoms with Gasteiger partial charge in [0, 0.05) is 23.9 Å². The highest BCUT2D eigenvalue weighted by atomic mass is 32.1. The first-order valence-corrected chi connectivity index (χ1v) is 12.7. The standard InChI is InChI=1S/C26H34N2O3S/c1-4-18(2)15-27(26(30)20-7-8-20)16-25(29)28-13-11-24-22(12-14-32-24)23(28)17-31-21-9-5-19(3)6-10-21/h5-6,9-10,12,14,18,20,23H,4,7-8,11,13,15-17H2,1-3H3/t18-,23+/m1/s1. The van der Waals surface area contributed by atoms with Crippen LogP contribution in [0.4, 0.5) is 0 Å². The minimum Gasteiger partial charge on any atom is -0.491 e. The Morgan fingerprint density at radius 1 is 1.22 bits per heavy atom. The van der Waals surface area contributed by atoms with E-state index in [9.17, 15) is 9.59 Å². The highest BCUT2D eigenvalue weighted by molar-refractivity contribution is 7.10. The number of rotatable bonds is 9. The molecule has 1 aromatic heterocycles. The van der Waals surface area contributed by atoms with Crippen molar-refractivity contribution in [2.24, 2.45) is 11.8 Å². The zero-order valence-electron chi connectivity index (χ0n) is 19.4. The molecular weight excluding hydrogens is 420 g/mol. The maximum atomic E-state index is 13.5. The number of amides is 2. The van der Waals surface area contributed by atoms with Crippen LogP contribution in [0, 0.1) is 18.8 Å². The fourth-order valence-electron chi connectivity index (χ4n) is 4.26. The van der Waals surface area contributed by atoms with E-state index in [1.807, 2.05) is 34.1 Å². The van der Waals surface area contributed by atoms with Gasteiger partial charge in [0.1, 0.15) is 12.4 Å². The Hall–Kier alpha value is -2.34. The molecule has 1 saturated carbocycles. The Balaban J connectivity index is 1.49. The van der Waals surface area contributed by atoms with Crippen molar-refractivity contribution in [3.05, 3.63) is 51.7 Å². The Kier molecular flexibility index (Phi) is 7.19. The summed E-state index contributed by atoms with van der Waals surface area (Å²) < 4.78 is 6.12. The molecule has 0 saturated heterocycles. The van der Waals surface area contributed by atoms with Gasteiger partial charge in [0.15, 0.2) is 0 Å². The number of benzene rings is 1. The number of ether oxygens (including phenoxy) is 1. The highest BCUT2D eigenvalue weighted by Gasteiger charge is 2.37. The van der Waals surface area contributed by atoms with Gasteiger partial charge in [0.05, 0.1) is 12.6 Å². The average Bonchev–Trinajstić information content (AvgIpc) is 3.53. The summed E-state index contributed by atoms with van der Waals surface area (Å²) in [5, 5.41) is 2.10. The summed E-state index contributed by atoms with van der Waals surface area (Å²) >= 11 is 1.75. The Labute approximate surface area is 195 Å². The van der Waals surface area contributed by atoms with Crippen LogP contribution in [-0.4, -0.2) is 47.9 Å². The maximum Gasteiger partial charge on any atom is 0.242 e. The Morgan fingerprint density at radius 3 is 2.66 bits per heavy atom. The molecule has 2 aliphatic rings. The van der Waals surface area contributed by atoms with E-state index in [1.54, 1.807) is 11.3 Å². The second-order valence-corrected chi connectivity index (χ2v) is 10.3. The smallest absolute Gasteiger partial charge is 0.242 e. The van der Waals surface area contributed by atoms with E-state index < -0.39 is 0 Å². The monoisotopic (exact) mass is 454 g/mol. The van der Waals surface area contributed by atoms with E-state index in [4.69, 9.17) is 4.74 Å². The van der Waals surface area contributed by atoms with Crippen LogP contribution in [0.15, 0.2) is 35.7 Å². The molecule has 4 rings (SSSR count). The van der Waals surface area contributed by atoms with Crippen LogP contribution in [0.2, 0.25) is 0 Å². The van der Waals surface area contributed by atoms with Crippen molar-refractivity contribution in [3.8, 4) is 5.75 Å². The third-order valence-corrected chi connectivity index (χ3v) is 7.63. The molecule has 1 fully saturated rings. The van der Waals surface area contributed by atoms with Crippen molar-refractivity contribution >= 4 is 23.2 Å². The molecule has 0 radical (unpaired) electrons. The van der Waals surface area contributed by atoms with Crippen LogP contribution in [0.3, 0.4) is 0 Å². The van der Waals surface area contributed by atoms with E-state index in [0.29, 0.717) is 25.6 Å². The molecule has 1 aliphatic heterocycles. The van der Waals surface area contributed by atoms with Gasteiger partial charge in [-0.1, -0.05) is 38.0 Å². The summed E-state index contributed by atoms with van der Waals surface area (Å²) in [7, 11) is 0.